The minimum Gasteiger partial charge on any atom is -0.429 e. The van der Waals surface area contributed by atoms with Gasteiger partial charge in [-0.05, 0) is 41.3 Å². The first kappa shape index (κ1) is 35.2. The van der Waals surface area contributed by atoms with Gasteiger partial charge >= 0.3 is 12.3 Å². The predicted octanol–water partition coefficient (Wildman–Crippen LogP) is 10.1. The van der Waals surface area contributed by atoms with E-state index in [1.165, 1.54) is 12.1 Å². The molecule has 0 atom stereocenters. The maximum Gasteiger partial charge on any atom is 0.432 e. The molecule has 0 aliphatic carbocycles. The summed E-state index contributed by atoms with van der Waals surface area (Å²) in [5.74, 6) is -10.8. The van der Waals surface area contributed by atoms with E-state index in [0.717, 1.165) is 18.9 Å². The third kappa shape index (κ3) is 7.77. The Morgan fingerprint density at radius 1 is 0.667 bits per heavy atom. The molecule has 4 aromatic rings. The van der Waals surface area contributed by atoms with Crippen molar-refractivity contribution in [3.05, 3.63) is 113 Å². The summed E-state index contributed by atoms with van der Waals surface area (Å²) in [6.07, 6.45) is -9.28. The first-order valence-corrected chi connectivity index (χ1v) is 14.6. The molecule has 1 aliphatic heterocycles. The van der Waals surface area contributed by atoms with Crippen molar-refractivity contribution >= 4 is 0 Å². The van der Waals surface area contributed by atoms with Crippen LogP contribution in [0, 0.1) is 29.1 Å². The highest BCUT2D eigenvalue weighted by Crippen LogP contribution is 2.40. The molecule has 0 spiro atoms. The van der Waals surface area contributed by atoms with Crippen LogP contribution in [0.4, 0.5) is 43.9 Å². The number of unbranched alkanes of at least 4 members (excludes halogenated alkanes) is 1. The average molecular weight is 689 g/mol. The topological polar surface area (TPSA) is 36.9 Å². The van der Waals surface area contributed by atoms with Crippen LogP contribution in [0.5, 0.6) is 5.75 Å². The minimum absolute atomic E-state index is 0.166. The second-order valence-electron chi connectivity index (χ2n) is 10.9. The molecular formula is C34H26F10O4. The Balaban J connectivity index is 1.30. The van der Waals surface area contributed by atoms with Crippen molar-refractivity contribution in [1.29, 1.82) is 0 Å². The van der Waals surface area contributed by atoms with Crippen LogP contribution in [0.3, 0.4) is 0 Å². The first-order chi connectivity index (χ1) is 22.7. The average Bonchev–Trinajstić information content (AvgIpc) is 3.00. The normalized spacial score (nSPS) is 17.1. The number of ether oxygens (including phenoxy) is 4. The summed E-state index contributed by atoms with van der Waals surface area (Å²) in [7, 11) is 0. The molecule has 48 heavy (non-hydrogen) atoms. The molecule has 5 rings (SSSR count). The lowest BCUT2D eigenvalue weighted by Gasteiger charge is -2.29. The number of alkyl halides is 5. The third-order valence-corrected chi connectivity index (χ3v) is 7.39. The summed E-state index contributed by atoms with van der Waals surface area (Å²) >= 11 is 0. The van der Waals surface area contributed by atoms with Gasteiger partial charge in [0.05, 0.1) is 13.2 Å². The van der Waals surface area contributed by atoms with Crippen molar-refractivity contribution in [2.75, 3.05) is 19.8 Å². The molecular weight excluding hydrogens is 662 g/mol. The van der Waals surface area contributed by atoms with E-state index in [1.54, 1.807) is 24.3 Å². The van der Waals surface area contributed by atoms with Crippen molar-refractivity contribution < 1.29 is 62.9 Å². The Bertz CT molecular complexity index is 1700. The molecule has 256 valence electrons. The van der Waals surface area contributed by atoms with Crippen molar-refractivity contribution in [2.45, 2.75) is 44.4 Å². The molecule has 0 radical (unpaired) electrons. The Labute approximate surface area is 267 Å². The van der Waals surface area contributed by atoms with Crippen molar-refractivity contribution in [3.63, 3.8) is 0 Å². The van der Waals surface area contributed by atoms with Gasteiger partial charge in [0.15, 0.2) is 6.29 Å². The molecule has 0 aromatic heterocycles. The van der Waals surface area contributed by atoms with Gasteiger partial charge in [-0.25, -0.2) is 22.0 Å². The van der Waals surface area contributed by atoms with Crippen molar-refractivity contribution in [2.24, 2.45) is 0 Å². The quantitative estimate of drug-likeness (QED) is 0.123. The molecule has 1 fully saturated rings. The smallest absolute Gasteiger partial charge is 0.429 e. The van der Waals surface area contributed by atoms with Gasteiger partial charge in [0.1, 0.15) is 52.1 Å². The van der Waals surface area contributed by atoms with Gasteiger partial charge < -0.3 is 18.9 Å². The van der Waals surface area contributed by atoms with E-state index in [2.05, 4.69) is 11.7 Å². The number of rotatable bonds is 10. The molecule has 0 unspecified atom stereocenters. The van der Waals surface area contributed by atoms with Crippen LogP contribution < -0.4 is 4.74 Å². The van der Waals surface area contributed by atoms with Gasteiger partial charge in [-0.2, -0.15) is 22.0 Å². The lowest BCUT2D eigenvalue weighted by molar-refractivity contribution is -0.230. The Hall–Kier alpha value is -4.14. The second kappa shape index (κ2) is 14.1. The zero-order valence-electron chi connectivity index (χ0n) is 25.0. The fraction of sp³-hybridized carbons (Fsp3) is 0.294. The largest absolute Gasteiger partial charge is 0.432 e. The van der Waals surface area contributed by atoms with E-state index < -0.39 is 70.1 Å². The van der Waals surface area contributed by atoms with Crippen LogP contribution in [0.1, 0.15) is 42.7 Å². The van der Waals surface area contributed by atoms with E-state index >= 15 is 4.39 Å². The highest BCUT2D eigenvalue weighted by atomic mass is 19.4. The van der Waals surface area contributed by atoms with Crippen molar-refractivity contribution in [3.8, 4) is 28.0 Å². The molecule has 4 nitrogen and oxygen atoms in total. The Kier molecular flexibility index (Phi) is 10.4. The van der Waals surface area contributed by atoms with E-state index in [-0.39, 0.29) is 23.8 Å². The molecule has 1 aliphatic rings. The number of hydrogen-bond acceptors (Lipinski definition) is 4. The highest BCUT2D eigenvalue weighted by Gasteiger charge is 2.43. The monoisotopic (exact) mass is 688 g/mol. The predicted molar refractivity (Wildman–Crippen MR) is 152 cm³/mol. The molecule has 0 amide bonds. The van der Waals surface area contributed by atoms with Crippen LogP contribution in [0.2, 0.25) is 0 Å². The summed E-state index contributed by atoms with van der Waals surface area (Å²) in [4.78, 5) is 0. The van der Waals surface area contributed by atoms with E-state index in [9.17, 15) is 39.5 Å². The molecule has 1 heterocycles. The maximum atomic E-state index is 15.2. The van der Waals surface area contributed by atoms with Gasteiger partial charge in [0, 0.05) is 29.9 Å². The summed E-state index contributed by atoms with van der Waals surface area (Å²) in [6.45, 7) is 3.38. The Morgan fingerprint density at radius 2 is 1.21 bits per heavy atom. The fourth-order valence-electron chi connectivity index (χ4n) is 5.02. The van der Waals surface area contributed by atoms with Gasteiger partial charge in [0.25, 0.3) is 0 Å². The molecule has 4 aromatic carbocycles. The summed E-state index contributed by atoms with van der Waals surface area (Å²) in [6, 6.07) is 10.9. The van der Waals surface area contributed by atoms with Gasteiger partial charge in [-0.15, -0.1) is 0 Å². The van der Waals surface area contributed by atoms with E-state index in [0.29, 0.717) is 48.6 Å². The molecule has 0 saturated carbocycles. The zero-order chi connectivity index (χ0) is 34.8. The standard InChI is InChI=1S/C34H26F10O4/c1-2-3-10-45-23-16-46-32(47-17-23)19-6-4-18(5-7-19)20-8-9-24(25(35)11-20)21-12-26(36)31(27(37)13-21)34(43,44)48-22-14-28(38)30(29(39)15-22)33(40,41)42/h4-9,11-15,23,32H,2-3,10,16-17H2,1H3. The van der Waals surface area contributed by atoms with Crippen LogP contribution in [0.25, 0.3) is 22.3 Å². The van der Waals surface area contributed by atoms with Crippen molar-refractivity contribution in [1.82, 2.24) is 0 Å². The van der Waals surface area contributed by atoms with Gasteiger partial charge in [-0.1, -0.05) is 49.7 Å². The number of benzene rings is 4. The SMILES string of the molecule is CCCCOC1COC(c2ccc(-c3ccc(-c4cc(F)c(C(F)(F)Oc5cc(F)c(C(F)(F)F)c(F)c5)c(F)c4)c(F)c3)cc2)OC1. The minimum atomic E-state index is -5.49. The lowest BCUT2D eigenvalue weighted by atomic mass is 9.97. The Morgan fingerprint density at radius 3 is 1.75 bits per heavy atom. The van der Waals surface area contributed by atoms with Crippen LogP contribution in [-0.4, -0.2) is 25.9 Å². The molecule has 0 N–H and O–H groups in total. The maximum absolute atomic E-state index is 15.2. The first-order valence-electron chi connectivity index (χ1n) is 14.6. The van der Waals surface area contributed by atoms with Gasteiger partial charge in [-0.3, -0.25) is 0 Å². The molecule has 14 heteroatoms. The van der Waals surface area contributed by atoms with Crippen LogP contribution >= 0.6 is 0 Å². The zero-order valence-corrected chi connectivity index (χ0v) is 25.0. The summed E-state index contributed by atoms with van der Waals surface area (Å²) < 4.78 is 162. The highest BCUT2D eigenvalue weighted by molar-refractivity contribution is 5.71. The fourth-order valence-corrected chi connectivity index (χ4v) is 5.02. The number of hydrogen-bond donors (Lipinski definition) is 0. The summed E-state index contributed by atoms with van der Waals surface area (Å²) in [5, 5.41) is 0. The third-order valence-electron chi connectivity index (χ3n) is 7.39. The van der Waals surface area contributed by atoms with Crippen LogP contribution in [0.15, 0.2) is 66.7 Å². The second-order valence-corrected chi connectivity index (χ2v) is 10.9. The molecule has 1 saturated heterocycles. The molecule has 0 bridgehead atoms. The van der Waals surface area contributed by atoms with Gasteiger partial charge in [0.2, 0.25) is 0 Å². The summed E-state index contributed by atoms with van der Waals surface area (Å²) in [5.41, 5.74) is -3.55. The van der Waals surface area contributed by atoms with E-state index in [1.807, 2.05) is 0 Å². The number of halogens is 10. The van der Waals surface area contributed by atoms with E-state index in [4.69, 9.17) is 14.2 Å². The lowest BCUT2D eigenvalue weighted by Crippen LogP contribution is -2.33. The van der Waals surface area contributed by atoms with Crippen LogP contribution in [-0.2, 0) is 26.5 Å².